The summed E-state index contributed by atoms with van der Waals surface area (Å²) in [5.74, 6) is 0. The van der Waals surface area contributed by atoms with Gasteiger partial charge >= 0.3 is 0 Å². The highest BCUT2D eigenvalue weighted by Gasteiger charge is 2.62. The van der Waals surface area contributed by atoms with Crippen LogP contribution in [0.2, 0.25) is 0 Å². The van der Waals surface area contributed by atoms with Crippen LogP contribution in [0.15, 0.2) is 11.6 Å². The Balaban J connectivity index is 5.18. The molecule has 0 saturated heterocycles. The number of rotatable bonds is 3. The molecule has 0 aliphatic carbocycles. The second kappa shape index (κ2) is 5.99. The predicted octanol–water partition coefficient (Wildman–Crippen LogP) is 6.06. The van der Waals surface area contributed by atoms with Crippen molar-refractivity contribution in [3.63, 3.8) is 0 Å². The molecule has 90 valence electrons. The first-order valence-corrected chi connectivity index (χ1v) is 6.73. The molecule has 9 heteroatoms. The topological polar surface area (TPSA) is 0 Å². The van der Waals surface area contributed by atoms with Crippen LogP contribution in [0, 0.1) is 0 Å². The fraction of sp³-hybridized carbons (Fsp3) is 0.667. The molecule has 0 saturated carbocycles. The number of hydrogen-bond acceptors (Lipinski definition) is 0. The summed E-state index contributed by atoms with van der Waals surface area (Å²) in [6, 6.07) is 0. The van der Waals surface area contributed by atoms with Crippen LogP contribution in [0.1, 0.15) is 0 Å². The average molecular weight is 394 g/mol. The van der Waals surface area contributed by atoms with E-state index in [1.165, 1.54) is 6.08 Å². The molecule has 0 aromatic heterocycles. The van der Waals surface area contributed by atoms with E-state index in [9.17, 15) is 0 Å². The lowest BCUT2D eigenvalue weighted by molar-refractivity contribution is 0.673. The number of allylic oxidation sites excluding steroid dienone is 1. The predicted molar refractivity (Wildman–Crippen MR) is 73.8 cm³/mol. The normalized spacial score (nSPS) is 17.1. The van der Waals surface area contributed by atoms with Crippen molar-refractivity contribution in [2.45, 2.75) is 17.8 Å². The third-order valence-corrected chi connectivity index (χ3v) is 6.22. The van der Waals surface area contributed by atoms with Crippen molar-refractivity contribution in [2.75, 3.05) is 0 Å². The second-order valence-electron chi connectivity index (χ2n) is 2.42. The molecular weight excluding hydrogens is 391 g/mol. The summed E-state index contributed by atoms with van der Waals surface area (Å²) in [6.07, 6.45) is 1.25. The van der Waals surface area contributed by atoms with Crippen LogP contribution >= 0.6 is 104 Å². The summed E-state index contributed by atoms with van der Waals surface area (Å²) in [7, 11) is 0. The fourth-order valence-corrected chi connectivity index (χ4v) is 2.52. The molecule has 0 bridgehead atoms. The maximum Gasteiger partial charge on any atom is 0.226 e. The molecule has 0 aromatic carbocycles. The van der Waals surface area contributed by atoms with E-state index in [4.69, 9.17) is 104 Å². The summed E-state index contributed by atoms with van der Waals surface area (Å²) in [5, 5.41) is -1.04. The van der Waals surface area contributed by atoms with E-state index < -0.39 is 17.8 Å². The quantitative estimate of drug-likeness (QED) is 0.510. The van der Waals surface area contributed by atoms with Gasteiger partial charge in [-0.15, -0.1) is 11.6 Å². The molecule has 15 heavy (non-hydrogen) atoms. The van der Waals surface area contributed by atoms with Gasteiger partial charge in [0, 0.05) is 5.54 Å². The Hall–Kier alpha value is 2.35. The first kappa shape index (κ1) is 17.4. The number of hydrogen-bond donors (Lipinski definition) is 0. The molecule has 0 aliphatic heterocycles. The smallest absolute Gasteiger partial charge is 0.115 e. The Morgan fingerprint density at radius 2 is 1.27 bits per heavy atom. The standard InChI is InChI=1S/C6H3Cl9/c7-2-1-3(8)4(9,10)5(11,12)6(13,14)15/h1-3H. The SMILES string of the molecule is ClC=CC(Cl)C(Cl)(Cl)C(Cl)(Cl)C(Cl)(Cl)Cl. The van der Waals surface area contributed by atoms with Crippen LogP contribution in [0.4, 0.5) is 0 Å². The maximum absolute atomic E-state index is 5.85. The molecule has 0 aliphatic rings. The van der Waals surface area contributed by atoms with Gasteiger partial charge in [-0.1, -0.05) is 98.9 Å². The fourth-order valence-electron chi connectivity index (χ4n) is 0.547. The van der Waals surface area contributed by atoms with Crippen LogP contribution in [0.5, 0.6) is 0 Å². The van der Waals surface area contributed by atoms with Crippen LogP contribution < -0.4 is 0 Å². The first-order chi connectivity index (χ1) is 6.48. The van der Waals surface area contributed by atoms with Gasteiger partial charge in [-0.05, 0) is 0 Å². The van der Waals surface area contributed by atoms with Gasteiger partial charge in [0.2, 0.25) is 3.79 Å². The van der Waals surface area contributed by atoms with Crippen molar-refractivity contribution in [2.24, 2.45) is 0 Å². The van der Waals surface area contributed by atoms with E-state index in [-0.39, 0.29) is 0 Å². The molecule has 0 fully saturated rings. The molecule has 0 nitrogen and oxygen atoms in total. The molecule has 0 rings (SSSR count). The van der Waals surface area contributed by atoms with Crippen LogP contribution in [-0.2, 0) is 0 Å². The van der Waals surface area contributed by atoms with Gasteiger partial charge in [-0.3, -0.25) is 0 Å². The first-order valence-electron chi connectivity index (χ1n) is 3.21. The van der Waals surface area contributed by atoms with Gasteiger partial charge in [0.05, 0.1) is 5.38 Å². The van der Waals surface area contributed by atoms with E-state index in [0.29, 0.717) is 0 Å². The summed E-state index contributed by atoms with van der Waals surface area (Å²) >= 11 is 50.9. The van der Waals surface area contributed by atoms with Gasteiger partial charge in [-0.25, -0.2) is 0 Å². The van der Waals surface area contributed by atoms with E-state index in [2.05, 4.69) is 0 Å². The summed E-state index contributed by atoms with van der Waals surface area (Å²) < 4.78 is -6.17. The molecule has 0 heterocycles. The monoisotopic (exact) mass is 390 g/mol. The lowest BCUT2D eigenvalue weighted by Gasteiger charge is -2.39. The van der Waals surface area contributed by atoms with Crippen molar-refractivity contribution in [3.05, 3.63) is 11.6 Å². The van der Waals surface area contributed by atoms with Gasteiger partial charge in [-0.2, -0.15) is 0 Å². The summed E-state index contributed by atoms with van der Waals surface area (Å²) in [6.45, 7) is 0. The highest BCUT2D eigenvalue weighted by molar-refractivity contribution is 6.79. The van der Waals surface area contributed by atoms with Gasteiger partial charge in [0.25, 0.3) is 0 Å². The minimum Gasteiger partial charge on any atom is -0.115 e. The second-order valence-corrected chi connectivity index (χ2v) is 8.13. The zero-order chi connectivity index (χ0) is 12.5. The molecule has 0 N–H and O–H groups in total. The van der Waals surface area contributed by atoms with Gasteiger partial charge < -0.3 is 0 Å². The van der Waals surface area contributed by atoms with Gasteiger partial charge in [0.15, 0.2) is 8.67 Å². The van der Waals surface area contributed by atoms with Crippen LogP contribution in [0.3, 0.4) is 0 Å². The molecule has 0 radical (unpaired) electrons. The zero-order valence-electron chi connectivity index (χ0n) is 6.63. The van der Waals surface area contributed by atoms with E-state index in [1.54, 1.807) is 0 Å². The third-order valence-electron chi connectivity index (χ3n) is 1.36. The molecule has 0 amide bonds. The largest absolute Gasteiger partial charge is 0.226 e. The third kappa shape index (κ3) is 3.91. The molecule has 1 atom stereocenters. The van der Waals surface area contributed by atoms with Gasteiger partial charge in [0.1, 0.15) is 0 Å². The van der Waals surface area contributed by atoms with Crippen molar-refractivity contribution in [1.82, 2.24) is 0 Å². The molecule has 1 unspecified atom stereocenters. The highest BCUT2D eigenvalue weighted by atomic mass is 35.6. The van der Waals surface area contributed by atoms with Crippen LogP contribution in [0.25, 0.3) is 0 Å². The van der Waals surface area contributed by atoms with Crippen molar-refractivity contribution >= 4 is 104 Å². The molecule has 0 spiro atoms. The van der Waals surface area contributed by atoms with E-state index in [0.717, 1.165) is 5.54 Å². The summed E-state index contributed by atoms with van der Waals surface area (Å²) in [4.78, 5) is 0. The lowest BCUT2D eigenvalue weighted by atomic mass is 10.2. The van der Waals surface area contributed by atoms with Crippen molar-refractivity contribution in [1.29, 1.82) is 0 Å². The average Bonchev–Trinajstić information content (AvgIpc) is 2.02. The summed E-state index contributed by atoms with van der Waals surface area (Å²) in [5.41, 5.74) is 1.10. The minimum absolute atomic E-state index is 1.04. The lowest BCUT2D eigenvalue weighted by Crippen LogP contribution is -2.51. The Bertz CT molecular complexity index is 237. The molecular formula is C6H3Cl9. The molecule has 0 aromatic rings. The number of alkyl halides is 8. The Morgan fingerprint density at radius 1 is 0.867 bits per heavy atom. The van der Waals surface area contributed by atoms with E-state index in [1.807, 2.05) is 0 Å². The highest BCUT2D eigenvalue weighted by Crippen LogP contribution is 2.58. The van der Waals surface area contributed by atoms with E-state index >= 15 is 0 Å². The minimum atomic E-state index is -2.12. The Morgan fingerprint density at radius 3 is 1.53 bits per heavy atom. The Kier molecular flexibility index (Phi) is 6.93. The Labute approximate surface area is 133 Å². The van der Waals surface area contributed by atoms with Crippen molar-refractivity contribution < 1.29 is 0 Å². The zero-order valence-corrected chi connectivity index (χ0v) is 13.4. The van der Waals surface area contributed by atoms with Crippen LogP contribution in [-0.4, -0.2) is 17.8 Å². The maximum atomic E-state index is 5.85. The van der Waals surface area contributed by atoms with Crippen molar-refractivity contribution in [3.8, 4) is 0 Å². The number of halogens is 9.